The molecule has 2 N–H and O–H groups in total. The smallest absolute Gasteiger partial charge is 0.0106 e. The van der Waals surface area contributed by atoms with Crippen LogP contribution in [0.15, 0.2) is 0 Å². The topological polar surface area (TPSA) is 26.0 Å². The van der Waals surface area contributed by atoms with E-state index in [0.29, 0.717) is 22.3 Å². The molecule has 3 atom stereocenters. The van der Waals surface area contributed by atoms with Gasteiger partial charge in [0.2, 0.25) is 0 Å². The van der Waals surface area contributed by atoms with Crippen LogP contribution >= 0.6 is 0 Å². The van der Waals surface area contributed by atoms with Crippen LogP contribution in [0.3, 0.4) is 0 Å². The van der Waals surface area contributed by atoms with Crippen LogP contribution < -0.4 is 5.73 Å². The van der Waals surface area contributed by atoms with Crippen molar-refractivity contribution in [3.8, 4) is 0 Å². The molecule has 0 bridgehead atoms. The van der Waals surface area contributed by atoms with E-state index in [9.17, 15) is 0 Å². The zero-order valence-corrected chi connectivity index (χ0v) is 20.0. The molecule has 1 nitrogen and oxygen atoms in total. The van der Waals surface area contributed by atoms with E-state index in [4.69, 9.17) is 5.73 Å². The maximum Gasteiger partial charge on any atom is 0.0106 e. The number of hydrogen-bond acceptors (Lipinski definition) is 1. The molecule has 1 heteroatoms. The fourth-order valence-corrected chi connectivity index (χ4v) is 6.61. The van der Waals surface area contributed by atoms with Crippen LogP contribution in [0.1, 0.15) is 144 Å². The van der Waals surface area contributed by atoms with Crippen LogP contribution in [0.2, 0.25) is 0 Å². The summed E-state index contributed by atoms with van der Waals surface area (Å²) in [5.41, 5.74) is 8.18. The predicted molar refractivity (Wildman–Crippen MR) is 123 cm³/mol. The molecule has 27 heavy (non-hydrogen) atoms. The number of rotatable bonds is 16. The van der Waals surface area contributed by atoms with E-state index in [2.05, 4.69) is 41.5 Å². The molecule has 0 spiro atoms. The molecule has 1 aliphatic rings. The van der Waals surface area contributed by atoms with E-state index in [0.717, 1.165) is 0 Å². The number of unbranched alkanes of at least 4 members (excludes halogenated alkanes) is 6. The third-order valence-electron chi connectivity index (χ3n) is 8.47. The van der Waals surface area contributed by atoms with Gasteiger partial charge >= 0.3 is 0 Å². The van der Waals surface area contributed by atoms with Gasteiger partial charge in [-0.2, -0.15) is 0 Å². The van der Waals surface area contributed by atoms with Crippen molar-refractivity contribution in [1.82, 2.24) is 0 Å². The van der Waals surface area contributed by atoms with Crippen molar-refractivity contribution < 1.29 is 0 Å². The summed E-state index contributed by atoms with van der Waals surface area (Å²) in [5, 5.41) is 0. The van der Waals surface area contributed by atoms with Gasteiger partial charge in [0.15, 0.2) is 0 Å². The molecular formula is C26H53N. The molecule has 0 saturated heterocycles. The van der Waals surface area contributed by atoms with Gasteiger partial charge in [-0.25, -0.2) is 0 Å². The maximum absolute atomic E-state index is 6.98. The Balaban J connectivity index is 3.20. The van der Waals surface area contributed by atoms with E-state index in [1.165, 1.54) is 103 Å². The van der Waals surface area contributed by atoms with Crippen molar-refractivity contribution in [2.75, 3.05) is 0 Å². The van der Waals surface area contributed by atoms with Gasteiger partial charge in [-0.15, -0.1) is 0 Å². The van der Waals surface area contributed by atoms with Gasteiger partial charge in [0.1, 0.15) is 0 Å². The summed E-state index contributed by atoms with van der Waals surface area (Å²) in [4.78, 5) is 0. The highest BCUT2D eigenvalue weighted by Crippen LogP contribution is 2.68. The van der Waals surface area contributed by atoms with Gasteiger partial charge in [-0.3, -0.25) is 0 Å². The molecule has 0 amide bonds. The molecule has 3 unspecified atom stereocenters. The molecule has 0 radical (unpaired) electrons. The van der Waals surface area contributed by atoms with Crippen LogP contribution in [-0.2, 0) is 0 Å². The molecule has 0 aromatic rings. The molecule has 1 fully saturated rings. The summed E-state index contributed by atoms with van der Waals surface area (Å²) in [6, 6.07) is 0.421. The van der Waals surface area contributed by atoms with Gasteiger partial charge in [0.05, 0.1) is 0 Å². The lowest BCUT2D eigenvalue weighted by Gasteiger charge is -2.68. The van der Waals surface area contributed by atoms with Crippen LogP contribution in [-0.4, -0.2) is 6.04 Å². The molecule has 162 valence electrons. The Kier molecular flexibility index (Phi) is 11.0. The maximum atomic E-state index is 6.98. The van der Waals surface area contributed by atoms with Crippen LogP contribution in [0.4, 0.5) is 0 Å². The summed E-state index contributed by atoms with van der Waals surface area (Å²) < 4.78 is 0. The lowest BCUT2D eigenvalue weighted by atomic mass is 9.38. The standard InChI is InChI=1S/C26H53N/c1-7-11-15-16-21-25(6,20-14-10-4)26(22-17-23(26)27)24(5,18-12-8-2)19-13-9-3/h23H,7-22,27H2,1-6H3. The van der Waals surface area contributed by atoms with Crippen molar-refractivity contribution in [3.63, 3.8) is 0 Å². The largest absolute Gasteiger partial charge is 0.327 e. The number of nitrogens with two attached hydrogens (primary N) is 1. The fraction of sp³-hybridized carbons (Fsp3) is 1.00. The molecular weight excluding hydrogens is 326 g/mol. The van der Waals surface area contributed by atoms with Crippen molar-refractivity contribution >= 4 is 0 Å². The second-order valence-corrected chi connectivity index (χ2v) is 10.4. The first-order valence-electron chi connectivity index (χ1n) is 12.6. The zero-order valence-electron chi connectivity index (χ0n) is 20.0. The molecule has 0 aromatic heterocycles. The normalized spacial score (nSPS) is 25.2. The Bertz CT molecular complexity index is 382. The third-order valence-corrected chi connectivity index (χ3v) is 8.47. The Labute approximate surface area is 172 Å². The van der Waals surface area contributed by atoms with Crippen LogP contribution in [0, 0.1) is 16.2 Å². The molecule has 0 heterocycles. The third kappa shape index (κ3) is 5.52. The molecule has 1 saturated carbocycles. The van der Waals surface area contributed by atoms with Gasteiger partial charge in [-0.1, -0.05) is 106 Å². The molecule has 0 aliphatic heterocycles. The highest BCUT2D eigenvalue weighted by molar-refractivity contribution is 5.15. The summed E-state index contributed by atoms with van der Waals surface area (Å²) >= 11 is 0. The average molecular weight is 380 g/mol. The van der Waals surface area contributed by atoms with E-state index >= 15 is 0 Å². The Hall–Kier alpha value is -0.0400. The summed E-state index contributed by atoms with van der Waals surface area (Å²) in [6.45, 7) is 14.7. The van der Waals surface area contributed by atoms with Crippen molar-refractivity contribution in [2.45, 2.75) is 150 Å². The second kappa shape index (κ2) is 11.8. The van der Waals surface area contributed by atoms with E-state index < -0.39 is 0 Å². The quantitative estimate of drug-likeness (QED) is 0.267. The highest BCUT2D eigenvalue weighted by atomic mass is 14.8. The van der Waals surface area contributed by atoms with Crippen LogP contribution in [0.5, 0.6) is 0 Å². The summed E-state index contributed by atoms with van der Waals surface area (Å²) in [5.74, 6) is 0. The first kappa shape index (κ1) is 25.0. The molecule has 1 rings (SSSR count). The number of hydrogen-bond donors (Lipinski definition) is 1. The minimum absolute atomic E-state index is 0.367. The van der Waals surface area contributed by atoms with Gasteiger partial charge in [0.25, 0.3) is 0 Å². The van der Waals surface area contributed by atoms with Gasteiger partial charge in [-0.05, 0) is 54.8 Å². The minimum atomic E-state index is 0.367. The van der Waals surface area contributed by atoms with Gasteiger partial charge in [0, 0.05) is 6.04 Å². The average Bonchev–Trinajstić information content (AvgIpc) is 2.65. The van der Waals surface area contributed by atoms with Crippen molar-refractivity contribution in [1.29, 1.82) is 0 Å². The summed E-state index contributed by atoms with van der Waals surface area (Å²) in [7, 11) is 0. The summed E-state index contributed by atoms with van der Waals surface area (Å²) in [6.07, 6.45) is 21.8. The first-order valence-corrected chi connectivity index (χ1v) is 12.6. The Morgan fingerprint density at radius 3 is 1.37 bits per heavy atom. The first-order chi connectivity index (χ1) is 12.9. The Morgan fingerprint density at radius 1 is 0.667 bits per heavy atom. The van der Waals surface area contributed by atoms with Gasteiger partial charge < -0.3 is 5.73 Å². The minimum Gasteiger partial charge on any atom is -0.327 e. The highest BCUT2D eigenvalue weighted by Gasteiger charge is 2.63. The molecule has 0 aromatic carbocycles. The SMILES string of the molecule is CCCCCCC(C)(CCCC)C1(C(C)(CCCC)CCCC)CCC1N. The van der Waals surface area contributed by atoms with Crippen LogP contribution in [0.25, 0.3) is 0 Å². The van der Waals surface area contributed by atoms with Crippen molar-refractivity contribution in [2.24, 2.45) is 22.0 Å². The lowest BCUT2D eigenvalue weighted by Crippen LogP contribution is -2.67. The van der Waals surface area contributed by atoms with E-state index in [-0.39, 0.29) is 0 Å². The van der Waals surface area contributed by atoms with E-state index in [1.54, 1.807) is 0 Å². The Morgan fingerprint density at radius 2 is 1.07 bits per heavy atom. The zero-order chi connectivity index (χ0) is 20.4. The van der Waals surface area contributed by atoms with E-state index in [1.807, 2.05) is 0 Å². The molecule has 1 aliphatic carbocycles. The monoisotopic (exact) mass is 379 g/mol. The fourth-order valence-electron chi connectivity index (χ4n) is 6.61. The second-order valence-electron chi connectivity index (χ2n) is 10.4. The lowest BCUT2D eigenvalue weighted by molar-refractivity contribution is -0.167. The van der Waals surface area contributed by atoms with Crippen molar-refractivity contribution in [3.05, 3.63) is 0 Å². The predicted octanol–water partition coefficient (Wildman–Crippen LogP) is 8.65.